The predicted molar refractivity (Wildman–Crippen MR) is 79.1 cm³/mol. The summed E-state index contributed by atoms with van der Waals surface area (Å²) in [6, 6.07) is -0.182. The van der Waals surface area contributed by atoms with Gasteiger partial charge in [0.2, 0.25) is 0 Å². The van der Waals surface area contributed by atoms with Gasteiger partial charge >= 0.3 is 6.09 Å². The minimum absolute atomic E-state index is 0.182. The number of carbonyl (C=O) groups is 1. The summed E-state index contributed by atoms with van der Waals surface area (Å²) in [5, 5.41) is 3.77. The molecule has 0 aromatic carbocycles. The van der Waals surface area contributed by atoms with Crippen LogP contribution in [0.25, 0.3) is 10.4 Å². The topological polar surface area (TPSA) is 87.5 Å². The monoisotopic (exact) mass is 302 g/mol. The third-order valence-corrected chi connectivity index (χ3v) is 3.39. The van der Waals surface area contributed by atoms with Crippen molar-refractivity contribution in [1.82, 2.24) is 4.90 Å². The molecule has 1 fully saturated rings. The van der Waals surface area contributed by atoms with Gasteiger partial charge in [-0.1, -0.05) is 5.11 Å². The number of rotatable bonds is 4. The molecule has 0 aromatic heterocycles. The highest BCUT2D eigenvalue weighted by Crippen LogP contribution is 2.25. The van der Waals surface area contributed by atoms with Gasteiger partial charge in [0.15, 0.2) is 0 Å². The van der Waals surface area contributed by atoms with Crippen LogP contribution in [0.1, 0.15) is 33.6 Å². The van der Waals surface area contributed by atoms with Crippen LogP contribution in [-0.4, -0.2) is 42.3 Å². The van der Waals surface area contributed by atoms with E-state index in [-0.39, 0.29) is 18.1 Å². The molecule has 1 heterocycles. The highest BCUT2D eigenvalue weighted by molar-refractivity contribution is 7.09. The Morgan fingerprint density at radius 2 is 2.10 bits per heavy atom. The Kier molecular flexibility index (Phi) is 6.53. The Morgan fingerprint density at radius 3 is 2.55 bits per heavy atom. The second kappa shape index (κ2) is 7.67. The van der Waals surface area contributed by atoms with Gasteiger partial charge in [-0.05, 0) is 45.1 Å². The molecule has 0 aromatic rings. The van der Waals surface area contributed by atoms with Gasteiger partial charge in [-0.15, -0.1) is 0 Å². The van der Waals surface area contributed by atoms with Crippen molar-refractivity contribution in [2.24, 2.45) is 11.0 Å². The molecule has 0 N–H and O–H groups in total. The lowest BCUT2D eigenvalue weighted by Crippen LogP contribution is -2.43. The van der Waals surface area contributed by atoms with Crippen molar-refractivity contribution < 1.29 is 14.1 Å². The Balaban J connectivity index is 2.50. The van der Waals surface area contributed by atoms with Crippen molar-refractivity contribution >= 4 is 15.6 Å². The van der Waals surface area contributed by atoms with E-state index in [1.54, 1.807) is 4.90 Å². The lowest BCUT2D eigenvalue weighted by molar-refractivity contribution is 0.0169. The average Bonchev–Trinajstić information content (AvgIpc) is 2.37. The highest BCUT2D eigenvalue weighted by atomic mass is 31.0. The molecular formula is C12H23N4O3P. The van der Waals surface area contributed by atoms with E-state index in [0.29, 0.717) is 19.7 Å². The predicted octanol–water partition coefficient (Wildman–Crippen LogP) is 3.12. The summed E-state index contributed by atoms with van der Waals surface area (Å²) in [6.45, 7) is 7.18. The first-order valence-corrected chi connectivity index (χ1v) is 7.18. The number of nitrogens with zero attached hydrogens (tertiary/aromatic N) is 4. The molecule has 0 saturated carbocycles. The lowest BCUT2D eigenvalue weighted by atomic mass is 9.90. The van der Waals surface area contributed by atoms with Crippen molar-refractivity contribution in [3.05, 3.63) is 10.4 Å². The molecule has 1 amide bonds. The molecule has 1 saturated heterocycles. The van der Waals surface area contributed by atoms with Gasteiger partial charge < -0.3 is 14.2 Å². The Labute approximate surface area is 121 Å². The molecule has 0 aliphatic carbocycles. The zero-order valence-electron chi connectivity index (χ0n) is 12.3. The molecule has 20 heavy (non-hydrogen) atoms. The van der Waals surface area contributed by atoms with Gasteiger partial charge in [-0.25, -0.2) is 4.79 Å². The van der Waals surface area contributed by atoms with E-state index >= 15 is 0 Å². The maximum Gasteiger partial charge on any atom is 0.410 e. The average molecular weight is 302 g/mol. The van der Waals surface area contributed by atoms with Crippen molar-refractivity contribution in [1.29, 1.82) is 0 Å². The zero-order valence-corrected chi connectivity index (χ0v) is 13.4. The highest BCUT2D eigenvalue weighted by Gasteiger charge is 2.30. The van der Waals surface area contributed by atoms with E-state index in [2.05, 4.69) is 19.5 Å². The first-order chi connectivity index (χ1) is 9.37. The van der Waals surface area contributed by atoms with E-state index in [9.17, 15) is 4.79 Å². The molecule has 114 valence electrons. The molecule has 0 bridgehead atoms. The van der Waals surface area contributed by atoms with E-state index in [4.69, 9.17) is 14.8 Å². The Morgan fingerprint density at radius 1 is 1.50 bits per heavy atom. The second-order valence-electron chi connectivity index (χ2n) is 5.91. The fourth-order valence-electron chi connectivity index (χ4n) is 2.22. The molecule has 2 atom stereocenters. The van der Waals surface area contributed by atoms with Gasteiger partial charge in [-0.3, -0.25) is 0 Å². The third-order valence-electron chi connectivity index (χ3n) is 3.20. The largest absolute Gasteiger partial charge is 0.444 e. The van der Waals surface area contributed by atoms with Crippen molar-refractivity contribution in [2.75, 3.05) is 19.7 Å². The van der Waals surface area contributed by atoms with E-state index in [1.807, 2.05) is 20.8 Å². The van der Waals surface area contributed by atoms with Crippen LogP contribution in [0.15, 0.2) is 5.11 Å². The van der Waals surface area contributed by atoms with Crippen LogP contribution in [0.5, 0.6) is 0 Å². The summed E-state index contributed by atoms with van der Waals surface area (Å²) in [5.41, 5.74) is 8.10. The summed E-state index contributed by atoms with van der Waals surface area (Å²) in [4.78, 5) is 16.5. The van der Waals surface area contributed by atoms with Crippen LogP contribution in [-0.2, 0) is 9.26 Å². The Bertz CT molecular complexity index is 371. The number of hydrogen-bond acceptors (Lipinski definition) is 4. The Hall–Kier alpha value is -1.03. The van der Waals surface area contributed by atoms with Crippen LogP contribution in [0, 0.1) is 5.92 Å². The number of carbonyl (C=O) groups excluding carboxylic acids is 1. The lowest BCUT2D eigenvalue weighted by Gasteiger charge is -2.35. The van der Waals surface area contributed by atoms with Gasteiger partial charge in [0.05, 0.1) is 12.6 Å². The smallest absolute Gasteiger partial charge is 0.410 e. The molecule has 8 heteroatoms. The minimum atomic E-state index is -0.477. The number of azide groups is 1. The van der Waals surface area contributed by atoms with Crippen molar-refractivity contribution in [3.8, 4) is 0 Å². The van der Waals surface area contributed by atoms with Gasteiger partial charge in [0.25, 0.3) is 0 Å². The first-order valence-electron chi connectivity index (χ1n) is 6.71. The van der Waals surface area contributed by atoms with Gasteiger partial charge in [0, 0.05) is 27.5 Å². The van der Waals surface area contributed by atoms with Gasteiger partial charge in [-0.2, -0.15) is 0 Å². The molecule has 7 nitrogen and oxygen atoms in total. The molecule has 0 radical (unpaired) electrons. The molecule has 1 aliphatic rings. The maximum absolute atomic E-state index is 11.9. The summed E-state index contributed by atoms with van der Waals surface area (Å²) in [7, 11) is 2.17. The molecule has 1 aliphatic heterocycles. The first kappa shape index (κ1) is 17.0. The summed E-state index contributed by atoms with van der Waals surface area (Å²) < 4.78 is 10.3. The van der Waals surface area contributed by atoms with E-state index in [0.717, 1.165) is 12.8 Å². The quantitative estimate of drug-likeness (QED) is 0.346. The zero-order chi connectivity index (χ0) is 15.2. The molecule has 0 spiro atoms. The van der Waals surface area contributed by atoms with E-state index in [1.165, 1.54) is 0 Å². The number of ether oxygens (including phenoxy) is 1. The van der Waals surface area contributed by atoms with Crippen LogP contribution in [0.4, 0.5) is 4.79 Å². The molecule has 1 unspecified atom stereocenters. The SMILES string of the molecule is CC(C)(C)OC(=O)N1CCC([C@H](COP)N=[N+]=[N-])CC1. The van der Waals surface area contributed by atoms with Crippen molar-refractivity contribution in [3.63, 3.8) is 0 Å². The number of amides is 1. The van der Waals surface area contributed by atoms with Gasteiger partial charge in [0.1, 0.15) is 5.60 Å². The van der Waals surface area contributed by atoms with Crippen molar-refractivity contribution in [2.45, 2.75) is 45.3 Å². The number of hydrogen-bond donors (Lipinski definition) is 0. The van der Waals surface area contributed by atoms with Crippen LogP contribution in [0.3, 0.4) is 0 Å². The number of piperidine rings is 1. The summed E-state index contributed by atoms with van der Waals surface area (Å²) >= 11 is 0. The molecular weight excluding hydrogens is 279 g/mol. The maximum atomic E-state index is 11.9. The normalized spacial score (nSPS) is 18.3. The second-order valence-corrected chi connectivity index (χ2v) is 6.24. The van der Waals surface area contributed by atoms with Crippen LogP contribution < -0.4 is 0 Å². The third kappa shape index (κ3) is 5.53. The summed E-state index contributed by atoms with van der Waals surface area (Å²) in [5.74, 6) is 0.241. The van der Waals surface area contributed by atoms with Crippen LogP contribution in [0.2, 0.25) is 0 Å². The number of likely N-dealkylation sites (tertiary alicyclic amines) is 1. The fraction of sp³-hybridized carbons (Fsp3) is 0.917. The molecule has 1 rings (SSSR count). The standard InChI is InChI=1S/C12H23N4O3P/c1-12(2,3)19-11(17)16-6-4-9(5-7-16)10(8-18-20)14-15-13/h9-10H,4-8,20H2,1-3H3/t10-/m0/s1. The van der Waals surface area contributed by atoms with E-state index < -0.39 is 5.60 Å². The fourth-order valence-corrected chi connectivity index (χ4v) is 2.42. The van der Waals surface area contributed by atoms with Crippen LogP contribution >= 0.6 is 9.47 Å². The minimum Gasteiger partial charge on any atom is -0.444 e. The summed E-state index contributed by atoms with van der Waals surface area (Å²) in [6.07, 6.45) is 1.30.